The Labute approximate surface area is 141 Å². The van der Waals surface area contributed by atoms with Gasteiger partial charge in [-0.2, -0.15) is 0 Å². The van der Waals surface area contributed by atoms with Gasteiger partial charge in [-0.05, 0) is 30.2 Å². The molecule has 1 aliphatic rings. The number of benzene rings is 2. The number of carbonyl (C=O) groups excluding carboxylic acids is 1. The molecular weight excluding hydrogens is 304 g/mol. The minimum atomic E-state index is -0.536. The van der Waals surface area contributed by atoms with Crippen molar-refractivity contribution in [3.63, 3.8) is 0 Å². The predicted octanol–water partition coefficient (Wildman–Crippen LogP) is 3.23. The van der Waals surface area contributed by atoms with Gasteiger partial charge in [-0.3, -0.25) is 10.0 Å². The molecule has 0 aliphatic carbocycles. The van der Waals surface area contributed by atoms with E-state index in [4.69, 9.17) is 9.94 Å². The van der Waals surface area contributed by atoms with Crippen molar-refractivity contribution < 1.29 is 14.7 Å². The Bertz CT molecular complexity index is 716. The van der Waals surface area contributed by atoms with Crippen molar-refractivity contribution in [1.82, 2.24) is 5.48 Å². The molecule has 0 saturated heterocycles. The average molecular weight is 326 g/mol. The summed E-state index contributed by atoms with van der Waals surface area (Å²) in [5.74, 6) is 0.575. The largest absolute Gasteiger partial charge is 0.491 e. The van der Waals surface area contributed by atoms with Crippen molar-refractivity contribution in [1.29, 1.82) is 0 Å². The Kier molecular flexibility index (Phi) is 4.71. The van der Waals surface area contributed by atoms with E-state index in [9.17, 15) is 4.79 Å². The fraction of sp³-hybridized carbons (Fsp3) is 0.316. The number of para-hydroxylation sites is 1. The molecule has 0 spiro atoms. The molecule has 1 amide bonds. The molecule has 2 aromatic rings. The molecule has 0 bridgehead atoms. The van der Waals surface area contributed by atoms with Crippen molar-refractivity contribution >= 4 is 11.6 Å². The summed E-state index contributed by atoms with van der Waals surface area (Å²) in [5.41, 5.74) is 4.22. The highest BCUT2D eigenvalue weighted by Crippen LogP contribution is 2.31. The van der Waals surface area contributed by atoms with Crippen molar-refractivity contribution in [3.8, 4) is 5.75 Å². The number of ether oxygens (including phenoxy) is 1. The van der Waals surface area contributed by atoms with Crippen LogP contribution >= 0.6 is 0 Å². The lowest BCUT2D eigenvalue weighted by Crippen LogP contribution is -2.41. The summed E-state index contributed by atoms with van der Waals surface area (Å²) >= 11 is 0. The molecule has 1 aliphatic heterocycles. The van der Waals surface area contributed by atoms with Crippen LogP contribution in [-0.4, -0.2) is 23.8 Å². The van der Waals surface area contributed by atoms with Crippen LogP contribution in [0.25, 0.3) is 0 Å². The Morgan fingerprint density at radius 3 is 2.67 bits per heavy atom. The molecule has 24 heavy (non-hydrogen) atoms. The molecule has 0 radical (unpaired) electrons. The molecule has 5 heteroatoms. The molecule has 2 N–H and O–H groups in total. The monoisotopic (exact) mass is 326 g/mol. The molecule has 0 fully saturated rings. The van der Waals surface area contributed by atoms with Crippen LogP contribution in [0.15, 0.2) is 48.5 Å². The number of hydroxylamine groups is 1. The number of hydrogen-bond acceptors (Lipinski definition) is 4. The average Bonchev–Trinajstić information content (AvgIpc) is 2.80. The molecule has 1 heterocycles. The molecule has 5 nitrogen and oxygen atoms in total. The van der Waals surface area contributed by atoms with E-state index in [0.29, 0.717) is 30.4 Å². The normalized spacial score (nSPS) is 17.0. The molecule has 126 valence electrons. The fourth-order valence-corrected chi connectivity index (χ4v) is 3.05. The zero-order valence-corrected chi connectivity index (χ0v) is 13.9. The topological polar surface area (TPSA) is 61.8 Å². The first-order valence-corrected chi connectivity index (χ1v) is 8.12. The summed E-state index contributed by atoms with van der Waals surface area (Å²) in [4.78, 5) is 14.0. The van der Waals surface area contributed by atoms with Crippen molar-refractivity contribution in [2.45, 2.75) is 26.4 Å². The van der Waals surface area contributed by atoms with Gasteiger partial charge in [0.05, 0.1) is 6.04 Å². The van der Waals surface area contributed by atoms with Gasteiger partial charge in [0.25, 0.3) is 5.91 Å². The number of nitrogens with one attached hydrogen (secondary N) is 1. The summed E-state index contributed by atoms with van der Waals surface area (Å²) in [6.07, 6.45) is 0. The molecule has 0 aromatic heterocycles. The van der Waals surface area contributed by atoms with E-state index in [2.05, 4.69) is 30.9 Å². The zero-order chi connectivity index (χ0) is 17.1. The van der Waals surface area contributed by atoms with Gasteiger partial charge in [-0.15, -0.1) is 0 Å². The third kappa shape index (κ3) is 3.21. The smallest absolute Gasteiger partial charge is 0.274 e. The number of hydrogen-bond donors (Lipinski definition) is 2. The Balaban J connectivity index is 1.97. The number of amides is 1. The lowest BCUT2D eigenvalue weighted by Gasteiger charge is -2.34. The van der Waals surface area contributed by atoms with E-state index >= 15 is 0 Å². The number of carbonyl (C=O) groups is 1. The second-order valence-corrected chi connectivity index (χ2v) is 6.35. The first-order chi connectivity index (χ1) is 11.6. The fourth-order valence-electron chi connectivity index (χ4n) is 3.05. The summed E-state index contributed by atoms with van der Waals surface area (Å²) < 4.78 is 6.01. The van der Waals surface area contributed by atoms with Gasteiger partial charge in [0.15, 0.2) is 0 Å². The predicted molar refractivity (Wildman–Crippen MR) is 92.4 cm³/mol. The Morgan fingerprint density at radius 2 is 2.00 bits per heavy atom. The highest BCUT2D eigenvalue weighted by molar-refractivity contribution is 5.93. The van der Waals surface area contributed by atoms with Crippen LogP contribution in [0.2, 0.25) is 0 Å². The first kappa shape index (κ1) is 16.3. The van der Waals surface area contributed by atoms with Crippen molar-refractivity contribution in [3.05, 3.63) is 59.7 Å². The SMILES string of the molecule is CC(C)[C@H]1COc2cc(C(=O)NO)ccc2CN1c1ccccc1. The van der Waals surface area contributed by atoms with Gasteiger partial charge in [-0.25, -0.2) is 5.48 Å². The third-order valence-corrected chi connectivity index (χ3v) is 4.44. The van der Waals surface area contributed by atoms with E-state index in [1.54, 1.807) is 17.6 Å². The van der Waals surface area contributed by atoms with E-state index in [1.165, 1.54) is 0 Å². The van der Waals surface area contributed by atoms with E-state index in [0.717, 1.165) is 11.3 Å². The maximum atomic E-state index is 11.6. The summed E-state index contributed by atoms with van der Waals surface area (Å²) in [5, 5.41) is 8.80. The van der Waals surface area contributed by atoms with Gasteiger partial charge in [0.2, 0.25) is 0 Å². The van der Waals surface area contributed by atoms with Crippen molar-refractivity contribution in [2.75, 3.05) is 11.5 Å². The number of fused-ring (bicyclic) bond motifs is 1. The minimum Gasteiger partial charge on any atom is -0.491 e. The van der Waals surface area contributed by atoms with Crippen LogP contribution in [0.5, 0.6) is 5.75 Å². The molecule has 1 atom stereocenters. The Morgan fingerprint density at radius 1 is 1.25 bits per heavy atom. The summed E-state index contributed by atoms with van der Waals surface area (Å²) in [6, 6.07) is 15.8. The maximum Gasteiger partial charge on any atom is 0.274 e. The van der Waals surface area contributed by atoms with Gasteiger partial charge in [0, 0.05) is 23.4 Å². The standard InChI is InChI=1S/C19H22N2O3/c1-13(2)17-12-24-18-10-14(19(22)20-23)8-9-15(18)11-21(17)16-6-4-3-5-7-16/h3-10,13,17,23H,11-12H2,1-2H3,(H,20,22)/t17-/m1/s1. The Hall–Kier alpha value is -2.53. The third-order valence-electron chi connectivity index (χ3n) is 4.44. The van der Waals surface area contributed by atoms with Crippen LogP contribution in [0, 0.1) is 5.92 Å². The van der Waals surface area contributed by atoms with Crippen LogP contribution in [0.4, 0.5) is 5.69 Å². The quantitative estimate of drug-likeness (QED) is 0.671. The lowest BCUT2D eigenvalue weighted by molar-refractivity contribution is 0.0706. The van der Waals surface area contributed by atoms with Gasteiger partial charge >= 0.3 is 0 Å². The second kappa shape index (κ2) is 6.93. The van der Waals surface area contributed by atoms with E-state index in [1.807, 2.05) is 24.3 Å². The van der Waals surface area contributed by atoms with E-state index in [-0.39, 0.29) is 6.04 Å². The van der Waals surface area contributed by atoms with Crippen LogP contribution < -0.4 is 15.1 Å². The highest BCUT2D eigenvalue weighted by atomic mass is 16.5. The zero-order valence-electron chi connectivity index (χ0n) is 13.9. The lowest BCUT2D eigenvalue weighted by atomic mass is 10.0. The molecular formula is C19H22N2O3. The van der Waals surface area contributed by atoms with Gasteiger partial charge in [0.1, 0.15) is 12.4 Å². The number of nitrogens with zero attached hydrogens (tertiary/aromatic N) is 1. The maximum absolute atomic E-state index is 11.6. The van der Waals surface area contributed by atoms with Gasteiger partial charge < -0.3 is 9.64 Å². The molecule has 3 rings (SSSR count). The molecule has 2 aromatic carbocycles. The minimum absolute atomic E-state index is 0.231. The highest BCUT2D eigenvalue weighted by Gasteiger charge is 2.28. The van der Waals surface area contributed by atoms with Gasteiger partial charge in [-0.1, -0.05) is 38.1 Å². The molecule has 0 saturated carbocycles. The van der Waals surface area contributed by atoms with Crippen LogP contribution in [0.1, 0.15) is 29.8 Å². The second-order valence-electron chi connectivity index (χ2n) is 6.35. The molecule has 0 unspecified atom stereocenters. The van der Waals surface area contributed by atoms with Crippen molar-refractivity contribution in [2.24, 2.45) is 5.92 Å². The van der Waals surface area contributed by atoms with Crippen LogP contribution in [0.3, 0.4) is 0 Å². The summed E-state index contributed by atoms with van der Waals surface area (Å²) in [6.45, 7) is 5.63. The number of rotatable bonds is 3. The van der Waals surface area contributed by atoms with Crippen LogP contribution in [-0.2, 0) is 6.54 Å². The first-order valence-electron chi connectivity index (χ1n) is 8.12. The number of anilines is 1. The summed E-state index contributed by atoms with van der Waals surface area (Å²) in [7, 11) is 0. The van der Waals surface area contributed by atoms with E-state index < -0.39 is 5.91 Å².